The third-order valence-electron chi connectivity index (χ3n) is 4.26. The van der Waals surface area contributed by atoms with Gasteiger partial charge in [0.25, 0.3) is 0 Å². The van der Waals surface area contributed by atoms with Crippen LogP contribution in [-0.4, -0.2) is 36.9 Å². The van der Waals surface area contributed by atoms with E-state index in [1.54, 1.807) is 31.7 Å². The van der Waals surface area contributed by atoms with Crippen LogP contribution in [0.25, 0.3) is 0 Å². The van der Waals surface area contributed by atoms with Crippen molar-refractivity contribution in [3.63, 3.8) is 0 Å². The van der Waals surface area contributed by atoms with Gasteiger partial charge < -0.3 is 19.1 Å². The minimum Gasteiger partial charge on any atom is -0.467 e. The number of nitrogens with zero attached hydrogens (tertiary/aromatic N) is 1. The van der Waals surface area contributed by atoms with Gasteiger partial charge >= 0.3 is 0 Å². The molecule has 0 spiro atoms. The van der Waals surface area contributed by atoms with E-state index in [0.29, 0.717) is 12.3 Å². The molecule has 2 heterocycles. The number of rotatable bonds is 9. The van der Waals surface area contributed by atoms with Crippen LogP contribution >= 0.6 is 0 Å². The summed E-state index contributed by atoms with van der Waals surface area (Å²) in [6.07, 6.45) is 3.15. The average Bonchev–Trinajstić information content (AvgIpc) is 3.41. The number of hydrogen-bond acceptors (Lipinski definition) is 5. The molecular formula is C21H23N3O4. The predicted molar refractivity (Wildman–Crippen MR) is 103 cm³/mol. The zero-order valence-electron chi connectivity index (χ0n) is 15.6. The molecule has 0 saturated heterocycles. The maximum absolute atomic E-state index is 12.5. The van der Waals surface area contributed by atoms with E-state index in [1.807, 2.05) is 42.5 Å². The van der Waals surface area contributed by atoms with Crippen molar-refractivity contribution in [2.75, 3.05) is 20.1 Å². The molecule has 0 fully saturated rings. The van der Waals surface area contributed by atoms with E-state index in [2.05, 4.69) is 10.6 Å². The molecule has 3 rings (SSSR count). The van der Waals surface area contributed by atoms with Crippen molar-refractivity contribution in [3.8, 4) is 0 Å². The summed E-state index contributed by atoms with van der Waals surface area (Å²) in [5.74, 6) is 0.935. The molecule has 0 aliphatic rings. The van der Waals surface area contributed by atoms with Crippen LogP contribution < -0.4 is 10.6 Å². The average molecular weight is 381 g/mol. The van der Waals surface area contributed by atoms with Crippen LogP contribution in [0.15, 0.2) is 76.0 Å². The first-order valence-electron chi connectivity index (χ1n) is 8.98. The Bertz CT molecular complexity index is 860. The van der Waals surface area contributed by atoms with Crippen LogP contribution in [0.4, 0.5) is 0 Å². The normalized spacial score (nSPS) is 11.8. The number of amides is 2. The number of benzene rings is 1. The van der Waals surface area contributed by atoms with Crippen molar-refractivity contribution >= 4 is 11.8 Å². The standard InChI is InChI=1S/C21H23N3O4/c1-24(15-19(25)22-13-17-9-5-11-27-17)20(26)14-23-21(18-10-6-12-28-18)16-7-3-2-4-8-16/h2-12,21,23H,13-15H2,1H3,(H,22,25)/t21-/m0/s1. The van der Waals surface area contributed by atoms with Crippen molar-refractivity contribution in [1.29, 1.82) is 0 Å². The highest BCUT2D eigenvalue weighted by atomic mass is 16.3. The number of furan rings is 2. The highest BCUT2D eigenvalue weighted by Gasteiger charge is 2.19. The van der Waals surface area contributed by atoms with Gasteiger partial charge in [0.2, 0.25) is 11.8 Å². The third kappa shape index (κ3) is 5.34. The Morgan fingerprint density at radius 3 is 2.43 bits per heavy atom. The molecule has 1 atom stereocenters. The quantitative estimate of drug-likeness (QED) is 0.594. The maximum Gasteiger partial charge on any atom is 0.239 e. The Balaban J connectivity index is 1.51. The summed E-state index contributed by atoms with van der Waals surface area (Å²) in [7, 11) is 1.60. The van der Waals surface area contributed by atoms with Gasteiger partial charge in [0.15, 0.2) is 0 Å². The second kappa shape index (κ2) is 9.57. The Kier molecular flexibility index (Phi) is 6.64. The monoisotopic (exact) mass is 381 g/mol. The highest BCUT2D eigenvalue weighted by Crippen LogP contribution is 2.22. The van der Waals surface area contributed by atoms with Crippen LogP contribution in [-0.2, 0) is 16.1 Å². The Morgan fingerprint density at radius 1 is 1.00 bits per heavy atom. The Hall–Kier alpha value is -3.32. The molecule has 0 unspecified atom stereocenters. The molecule has 28 heavy (non-hydrogen) atoms. The number of carbonyl (C=O) groups excluding carboxylic acids is 2. The third-order valence-corrected chi connectivity index (χ3v) is 4.26. The molecule has 1 aromatic carbocycles. The van der Waals surface area contributed by atoms with Crippen LogP contribution in [0.5, 0.6) is 0 Å². The lowest BCUT2D eigenvalue weighted by Gasteiger charge is -2.20. The van der Waals surface area contributed by atoms with Crippen molar-refractivity contribution in [2.45, 2.75) is 12.6 Å². The van der Waals surface area contributed by atoms with E-state index >= 15 is 0 Å². The predicted octanol–water partition coefficient (Wildman–Crippen LogP) is 2.33. The zero-order valence-corrected chi connectivity index (χ0v) is 15.6. The van der Waals surface area contributed by atoms with E-state index in [4.69, 9.17) is 8.83 Å². The first-order valence-corrected chi connectivity index (χ1v) is 8.98. The molecule has 2 aromatic heterocycles. The molecular weight excluding hydrogens is 358 g/mol. The Morgan fingerprint density at radius 2 is 1.75 bits per heavy atom. The van der Waals surface area contributed by atoms with Crippen molar-refractivity contribution < 1.29 is 18.4 Å². The van der Waals surface area contributed by atoms with Gasteiger partial charge in [-0.3, -0.25) is 14.9 Å². The first kappa shape index (κ1) is 19.4. The van der Waals surface area contributed by atoms with Gasteiger partial charge in [-0.15, -0.1) is 0 Å². The fourth-order valence-corrected chi connectivity index (χ4v) is 2.77. The fourth-order valence-electron chi connectivity index (χ4n) is 2.77. The van der Waals surface area contributed by atoms with Gasteiger partial charge in [-0.2, -0.15) is 0 Å². The molecule has 2 N–H and O–H groups in total. The van der Waals surface area contributed by atoms with Crippen molar-refractivity contribution in [3.05, 3.63) is 84.2 Å². The van der Waals surface area contributed by atoms with Gasteiger partial charge in [-0.05, 0) is 29.8 Å². The summed E-state index contributed by atoms with van der Waals surface area (Å²) in [5.41, 5.74) is 0.990. The van der Waals surface area contributed by atoms with E-state index in [-0.39, 0.29) is 30.9 Å². The lowest BCUT2D eigenvalue weighted by molar-refractivity contribution is -0.134. The minimum atomic E-state index is -0.252. The second-order valence-corrected chi connectivity index (χ2v) is 6.35. The fraction of sp³-hybridized carbons (Fsp3) is 0.238. The topological polar surface area (TPSA) is 87.7 Å². The summed E-state index contributed by atoms with van der Waals surface area (Å²) in [5, 5.41) is 5.94. The summed E-state index contributed by atoms with van der Waals surface area (Å²) in [6.45, 7) is 0.334. The van der Waals surface area contributed by atoms with Crippen LogP contribution in [0, 0.1) is 0 Å². The maximum atomic E-state index is 12.5. The minimum absolute atomic E-state index is 0.0298. The van der Waals surface area contributed by atoms with Gasteiger partial charge in [0.05, 0.1) is 38.2 Å². The molecule has 7 heteroatoms. The van der Waals surface area contributed by atoms with Crippen molar-refractivity contribution in [2.24, 2.45) is 0 Å². The summed E-state index contributed by atoms with van der Waals surface area (Å²) < 4.78 is 10.7. The lowest BCUT2D eigenvalue weighted by atomic mass is 10.0. The number of hydrogen-bond donors (Lipinski definition) is 2. The van der Waals surface area contributed by atoms with E-state index < -0.39 is 0 Å². The highest BCUT2D eigenvalue weighted by molar-refractivity contribution is 5.85. The molecule has 2 amide bonds. The van der Waals surface area contributed by atoms with Crippen LogP contribution in [0.3, 0.4) is 0 Å². The lowest BCUT2D eigenvalue weighted by Crippen LogP contribution is -2.42. The van der Waals surface area contributed by atoms with Gasteiger partial charge in [0, 0.05) is 7.05 Å². The van der Waals surface area contributed by atoms with Gasteiger partial charge in [-0.1, -0.05) is 30.3 Å². The molecule has 3 aromatic rings. The molecule has 0 aliphatic carbocycles. The van der Waals surface area contributed by atoms with Gasteiger partial charge in [-0.25, -0.2) is 0 Å². The Labute approximate surface area is 163 Å². The number of likely N-dealkylation sites (N-methyl/N-ethyl adjacent to an activating group) is 1. The first-order chi connectivity index (χ1) is 13.6. The molecule has 0 bridgehead atoms. The summed E-state index contributed by atoms with van der Waals surface area (Å²) in [6, 6.07) is 16.7. The molecule has 146 valence electrons. The number of nitrogens with one attached hydrogen (secondary N) is 2. The SMILES string of the molecule is CN(CC(=O)NCc1ccco1)C(=O)CN[C@@H](c1ccccc1)c1ccco1. The van der Waals surface area contributed by atoms with E-state index in [1.165, 1.54) is 4.90 Å². The zero-order chi connectivity index (χ0) is 19.8. The molecule has 0 saturated carbocycles. The second-order valence-electron chi connectivity index (χ2n) is 6.35. The number of carbonyl (C=O) groups is 2. The summed E-state index contributed by atoms with van der Waals surface area (Å²) in [4.78, 5) is 25.9. The van der Waals surface area contributed by atoms with E-state index in [0.717, 1.165) is 11.3 Å². The largest absolute Gasteiger partial charge is 0.467 e. The summed E-state index contributed by atoms with van der Waals surface area (Å²) >= 11 is 0. The smallest absolute Gasteiger partial charge is 0.239 e. The van der Waals surface area contributed by atoms with E-state index in [9.17, 15) is 9.59 Å². The van der Waals surface area contributed by atoms with Crippen LogP contribution in [0.1, 0.15) is 23.1 Å². The van der Waals surface area contributed by atoms with Gasteiger partial charge in [0.1, 0.15) is 11.5 Å². The molecule has 7 nitrogen and oxygen atoms in total. The molecule has 0 radical (unpaired) electrons. The van der Waals surface area contributed by atoms with Crippen molar-refractivity contribution in [1.82, 2.24) is 15.5 Å². The molecule has 0 aliphatic heterocycles. The van der Waals surface area contributed by atoms with Crippen LogP contribution in [0.2, 0.25) is 0 Å².